The first-order valence-corrected chi connectivity index (χ1v) is 6.27. The Hall–Kier alpha value is -2.00. The van der Waals surface area contributed by atoms with Crippen molar-refractivity contribution in [2.24, 2.45) is 0 Å². The molecule has 0 fully saturated rings. The Balaban J connectivity index is 2.33. The van der Waals surface area contributed by atoms with Crippen molar-refractivity contribution in [3.8, 4) is 5.75 Å². The second-order valence-corrected chi connectivity index (χ2v) is 4.68. The number of anilines is 1. The first-order chi connectivity index (χ1) is 9.19. The fourth-order valence-electron chi connectivity index (χ4n) is 2.05. The van der Waals surface area contributed by atoms with Crippen LogP contribution in [0.5, 0.6) is 5.75 Å². The number of hydrogen-bond donors (Lipinski definition) is 2. The molecule has 2 rings (SSSR count). The molecule has 0 aromatic heterocycles. The molecule has 2 N–H and O–H groups in total. The molecule has 1 atom stereocenters. The van der Waals surface area contributed by atoms with Crippen LogP contribution in [-0.2, 0) is 5.54 Å². The van der Waals surface area contributed by atoms with Crippen LogP contribution in [0.4, 0.5) is 5.69 Å². The summed E-state index contributed by atoms with van der Waals surface area (Å²) in [4.78, 5) is 0. The van der Waals surface area contributed by atoms with Gasteiger partial charge in [-0.05, 0) is 24.6 Å². The van der Waals surface area contributed by atoms with Gasteiger partial charge in [-0.25, -0.2) is 0 Å². The van der Waals surface area contributed by atoms with E-state index in [-0.39, 0.29) is 6.61 Å². The van der Waals surface area contributed by atoms with Gasteiger partial charge in [-0.3, -0.25) is 0 Å². The highest BCUT2D eigenvalue weighted by Crippen LogP contribution is 2.31. The average molecular weight is 257 g/mol. The Morgan fingerprint density at radius 1 is 1.05 bits per heavy atom. The molecule has 0 spiro atoms. The number of ether oxygens (including phenoxy) is 1. The maximum Gasteiger partial charge on any atom is 0.141 e. The molecule has 0 amide bonds. The molecule has 0 heterocycles. The molecule has 0 radical (unpaired) electrons. The van der Waals surface area contributed by atoms with E-state index < -0.39 is 5.54 Å². The molecule has 2 aromatic rings. The predicted molar refractivity (Wildman–Crippen MR) is 77.5 cm³/mol. The second kappa shape index (κ2) is 5.76. The molecule has 0 bridgehead atoms. The quantitative estimate of drug-likeness (QED) is 0.865. The molecule has 1 unspecified atom stereocenters. The number of rotatable bonds is 5. The van der Waals surface area contributed by atoms with Crippen molar-refractivity contribution in [1.82, 2.24) is 0 Å². The topological polar surface area (TPSA) is 41.5 Å². The highest BCUT2D eigenvalue weighted by Gasteiger charge is 2.26. The average Bonchev–Trinajstić information content (AvgIpc) is 2.48. The van der Waals surface area contributed by atoms with Crippen LogP contribution < -0.4 is 10.1 Å². The molecule has 0 aliphatic carbocycles. The standard InChI is InChI=1S/C16H19NO2/c1-16(12-18,13-8-4-3-5-9-13)17-14-10-6-7-11-15(14)19-2/h3-11,17-18H,12H2,1-2H3. The van der Waals surface area contributed by atoms with Crippen molar-refractivity contribution in [2.75, 3.05) is 19.0 Å². The van der Waals surface area contributed by atoms with Crippen molar-refractivity contribution in [2.45, 2.75) is 12.5 Å². The molecule has 3 nitrogen and oxygen atoms in total. The van der Waals surface area contributed by atoms with Crippen molar-refractivity contribution in [1.29, 1.82) is 0 Å². The summed E-state index contributed by atoms with van der Waals surface area (Å²) in [7, 11) is 1.64. The molecule has 0 saturated carbocycles. The van der Waals surface area contributed by atoms with E-state index in [1.165, 1.54) is 0 Å². The van der Waals surface area contributed by atoms with E-state index >= 15 is 0 Å². The van der Waals surface area contributed by atoms with Crippen LogP contribution in [0, 0.1) is 0 Å². The van der Waals surface area contributed by atoms with E-state index in [0.717, 1.165) is 17.0 Å². The molecule has 0 saturated heterocycles. The van der Waals surface area contributed by atoms with Gasteiger partial charge in [0, 0.05) is 0 Å². The van der Waals surface area contributed by atoms with Crippen LogP contribution >= 0.6 is 0 Å². The largest absolute Gasteiger partial charge is 0.495 e. The summed E-state index contributed by atoms with van der Waals surface area (Å²) in [6, 6.07) is 17.6. The monoisotopic (exact) mass is 257 g/mol. The Kier molecular flexibility index (Phi) is 4.07. The number of hydrogen-bond acceptors (Lipinski definition) is 3. The molecule has 2 aromatic carbocycles. The lowest BCUT2D eigenvalue weighted by molar-refractivity contribution is 0.223. The zero-order valence-electron chi connectivity index (χ0n) is 11.3. The van der Waals surface area contributed by atoms with Gasteiger partial charge in [-0.15, -0.1) is 0 Å². The van der Waals surface area contributed by atoms with Gasteiger partial charge < -0.3 is 15.2 Å². The maximum atomic E-state index is 9.76. The van der Waals surface area contributed by atoms with Gasteiger partial charge in [0.1, 0.15) is 5.75 Å². The lowest BCUT2D eigenvalue weighted by atomic mass is 9.92. The van der Waals surface area contributed by atoms with Crippen LogP contribution in [0.2, 0.25) is 0 Å². The fraction of sp³-hybridized carbons (Fsp3) is 0.250. The van der Waals surface area contributed by atoms with Crippen LogP contribution in [0.3, 0.4) is 0 Å². The summed E-state index contributed by atoms with van der Waals surface area (Å²) in [6.45, 7) is 1.96. The van der Waals surface area contributed by atoms with Crippen LogP contribution in [0.25, 0.3) is 0 Å². The molecule has 3 heteroatoms. The molecule has 100 valence electrons. The van der Waals surface area contributed by atoms with Gasteiger partial charge in [0.05, 0.1) is 24.9 Å². The van der Waals surface area contributed by atoms with E-state index in [9.17, 15) is 5.11 Å². The minimum atomic E-state index is -0.546. The summed E-state index contributed by atoms with van der Waals surface area (Å²) in [5, 5.41) is 13.1. The number of nitrogens with one attached hydrogen (secondary N) is 1. The first-order valence-electron chi connectivity index (χ1n) is 6.27. The van der Waals surface area contributed by atoms with E-state index in [1.54, 1.807) is 7.11 Å². The Bertz CT molecular complexity index is 527. The summed E-state index contributed by atoms with van der Waals surface area (Å²) < 4.78 is 5.33. The number of aliphatic hydroxyl groups is 1. The van der Waals surface area contributed by atoms with Crippen molar-refractivity contribution < 1.29 is 9.84 Å². The highest BCUT2D eigenvalue weighted by atomic mass is 16.5. The number of methoxy groups -OCH3 is 1. The van der Waals surface area contributed by atoms with Crippen molar-refractivity contribution >= 4 is 5.69 Å². The lowest BCUT2D eigenvalue weighted by Gasteiger charge is -2.31. The number of aliphatic hydroxyl groups excluding tert-OH is 1. The minimum Gasteiger partial charge on any atom is -0.495 e. The first kappa shape index (κ1) is 13.4. The molecule has 0 aliphatic heterocycles. The lowest BCUT2D eigenvalue weighted by Crippen LogP contribution is -2.35. The summed E-state index contributed by atoms with van der Waals surface area (Å²) in [5.74, 6) is 0.762. The smallest absolute Gasteiger partial charge is 0.141 e. The van der Waals surface area contributed by atoms with E-state index in [4.69, 9.17) is 4.74 Å². The normalized spacial score (nSPS) is 13.6. The third-order valence-electron chi connectivity index (χ3n) is 3.24. The third kappa shape index (κ3) is 2.88. The molecule has 0 aliphatic rings. The summed E-state index contributed by atoms with van der Waals surface area (Å²) >= 11 is 0. The zero-order valence-corrected chi connectivity index (χ0v) is 11.3. The van der Waals surface area contributed by atoms with E-state index in [2.05, 4.69) is 5.32 Å². The third-order valence-corrected chi connectivity index (χ3v) is 3.24. The Morgan fingerprint density at radius 3 is 2.32 bits per heavy atom. The maximum absolute atomic E-state index is 9.76. The Labute approximate surface area is 113 Å². The van der Waals surface area contributed by atoms with E-state index in [0.29, 0.717) is 0 Å². The van der Waals surface area contributed by atoms with Crippen LogP contribution in [-0.4, -0.2) is 18.8 Å². The van der Waals surface area contributed by atoms with Gasteiger partial charge in [0.2, 0.25) is 0 Å². The van der Waals surface area contributed by atoms with Gasteiger partial charge in [0.15, 0.2) is 0 Å². The SMILES string of the molecule is COc1ccccc1NC(C)(CO)c1ccccc1. The van der Waals surface area contributed by atoms with Gasteiger partial charge >= 0.3 is 0 Å². The minimum absolute atomic E-state index is 0.00490. The Morgan fingerprint density at radius 2 is 1.68 bits per heavy atom. The number of benzene rings is 2. The number of para-hydroxylation sites is 2. The highest BCUT2D eigenvalue weighted by molar-refractivity contribution is 5.58. The van der Waals surface area contributed by atoms with Gasteiger partial charge in [0.25, 0.3) is 0 Å². The molecular weight excluding hydrogens is 238 g/mol. The zero-order chi connectivity index (χ0) is 13.7. The van der Waals surface area contributed by atoms with Crippen molar-refractivity contribution in [3.63, 3.8) is 0 Å². The van der Waals surface area contributed by atoms with E-state index in [1.807, 2.05) is 61.5 Å². The molecular formula is C16H19NO2. The molecule has 19 heavy (non-hydrogen) atoms. The van der Waals surface area contributed by atoms with Gasteiger partial charge in [-0.2, -0.15) is 0 Å². The van der Waals surface area contributed by atoms with Crippen LogP contribution in [0.15, 0.2) is 54.6 Å². The van der Waals surface area contributed by atoms with Crippen molar-refractivity contribution in [3.05, 3.63) is 60.2 Å². The van der Waals surface area contributed by atoms with Gasteiger partial charge in [-0.1, -0.05) is 42.5 Å². The fourth-order valence-corrected chi connectivity index (χ4v) is 2.05. The predicted octanol–water partition coefficient (Wildman–Crippen LogP) is 3.01. The van der Waals surface area contributed by atoms with Crippen LogP contribution in [0.1, 0.15) is 12.5 Å². The summed E-state index contributed by atoms with van der Waals surface area (Å²) in [6.07, 6.45) is 0. The second-order valence-electron chi connectivity index (χ2n) is 4.68. The summed E-state index contributed by atoms with van der Waals surface area (Å²) in [5.41, 5.74) is 1.35.